The summed E-state index contributed by atoms with van der Waals surface area (Å²) in [5.74, 6) is -0.545. The fraction of sp³-hybridized carbons (Fsp3) is 0.714. The summed E-state index contributed by atoms with van der Waals surface area (Å²) < 4.78 is 0. The molecule has 2 atom stereocenters. The Bertz CT molecular complexity index is 615. The first-order valence-corrected chi connectivity index (χ1v) is 6.59. The van der Waals surface area contributed by atoms with Gasteiger partial charge < -0.3 is 0 Å². The van der Waals surface area contributed by atoms with Crippen molar-refractivity contribution in [2.75, 3.05) is 13.1 Å². The highest BCUT2D eigenvalue weighted by molar-refractivity contribution is 5.43. The van der Waals surface area contributed by atoms with Gasteiger partial charge in [-0.15, -0.1) is 0 Å². The van der Waals surface area contributed by atoms with E-state index in [0.717, 1.165) is 0 Å². The Morgan fingerprint density at radius 3 is 1.91 bits per heavy atom. The normalized spacial score (nSPS) is 31.9. The van der Waals surface area contributed by atoms with E-state index < -0.39 is 22.4 Å². The minimum atomic E-state index is -1.54. The number of carbonyl (C=O) groups excluding carboxylic acids is 4. The first kappa shape index (κ1) is 17.6. The zero-order valence-corrected chi connectivity index (χ0v) is 12.6. The summed E-state index contributed by atoms with van der Waals surface area (Å²) in [6.07, 6.45) is 6.18. The molecule has 2 unspecified atom stereocenters. The standard InChI is InChI=1S/C14H16N4O4/c1-12(2)5-13(3,6-16-8-20)14(17-9-21,18-10-22)11(12)4-15-7-19/h11H,4-6H2,1-3H3. The van der Waals surface area contributed by atoms with Gasteiger partial charge in [0.25, 0.3) is 0 Å². The highest BCUT2D eigenvalue weighted by Crippen LogP contribution is 2.61. The first-order chi connectivity index (χ1) is 10.3. The molecular weight excluding hydrogens is 288 g/mol. The molecule has 0 saturated heterocycles. The van der Waals surface area contributed by atoms with Crippen LogP contribution in [0.4, 0.5) is 0 Å². The summed E-state index contributed by atoms with van der Waals surface area (Å²) in [6, 6.07) is 0. The molecule has 0 amide bonds. The van der Waals surface area contributed by atoms with Crippen LogP contribution in [0, 0.1) is 16.7 Å². The largest absolute Gasteiger partial charge is 0.237 e. The molecule has 116 valence electrons. The Balaban J connectivity index is 3.63. The summed E-state index contributed by atoms with van der Waals surface area (Å²) in [6.45, 7) is 5.42. The molecule has 0 N–H and O–H groups in total. The molecule has 1 aliphatic rings. The molecule has 0 bridgehead atoms. The number of aliphatic imine (C=N–C) groups is 4. The van der Waals surface area contributed by atoms with Gasteiger partial charge in [0.2, 0.25) is 24.3 Å². The van der Waals surface area contributed by atoms with Gasteiger partial charge in [-0.2, -0.15) is 9.98 Å². The fourth-order valence-corrected chi connectivity index (χ4v) is 3.70. The molecule has 22 heavy (non-hydrogen) atoms. The van der Waals surface area contributed by atoms with Gasteiger partial charge in [0.15, 0.2) is 5.66 Å². The van der Waals surface area contributed by atoms with Crippen LogP contribution in [0.3, 0.4) is 0 Å². The van der Waals surface area contributed by atoms with Gasteiger partial charge >= 0.3 is 0 Å². The van der Waals surface area contributed by atoms with Crippen LogP contribution in [0.25, 0.3) is 0 Å². The number of nitrogens with zero attached hydrogens (tertiary/aromatic N) is 4. The molecule has 1 rings (SSSR count). The van der Waals surface area contributed by atoms with Crippen LogP contribution in [-0.2, 0) is 19.2 Å². The van der Waals surface area contributed by atoms with Crippen LogP contribution in [0.15, 0.2) is 20.0 Å². The van der Waals surface area contributed by atoms with E-state index in [4.69, 9.17) is 0 Å². The van der Waals surface area contributed by atoms with Crippen molar-refractivity contribution < 1.29 is 19.2 Å². The topological polar surface area (TPSA) is 118 Å². The van der Waals surface area contributed by atoms with Gasteiger partial charge in [-0.25, -0.2) is 29.2 Å². The molecule has 0 aromatic carbocycles. The lowest BCUT2D eigenvalue weighted by molar-refractivity contribution is 0.157. The summed E-state index contributed by atoms with van der Waals surface area (Å²) in [4.78, 5) is 57.5. The van der Waals surface area contributed by atoms with E-state index >= 15 is 0 Å². The molecule has 1 saturated carbocycles. The molecule has 1 fully saturated rings. The van der Waals surface area contributed by atoms with E-state index in [1.165, 1.54) is 24.3 Å². The lowest BCUT2D eigenvalue weighted by Gasteiger charge is -2.37. The Kier molecular flexibility index (Phi) is 5.21. The van der Waals surface area contributed by atoms with Gasteiger partial charge in [-0.05, 0) is 11.8 Å². The van der Waals surface area contributed by atoms with Crippen LogP contribution < -0.4 is 0 Å². The SMILES string of the molecule is CC1(C)CC(C)(CN=C=O)C(N=C=O)(N=C=O)C1CN=C=O. The quantitative estimate of drug-likeness (QED) is 0.538. The maximum atomic E-state index is 10.9. The molecule has 0 aromatic heterocycles. The third-order valence-electron chi connectivity index (χ3n) is 4.43. The van der Waals surface area contributed by atoms with E-state index in [-0.39, 0.29) is 13.1 Å². The summed E-state index contributed by atoms with van der Waals surface area (Å²) in [5.41, 5.74) is -2.93. The highest BCUT2D eigenvalue weighted by Gasteiger charge is 2.66. The minimum Gasteiger partial charge on any atom is -0.211 e. The van der Waals surface area contributed by atoms with Gasteiger partial charge in [0.1, 0.15) is 0 Å². The first-order valence-electron chi connectivity index (χ1n) is 6.59. The van der Waals surface area contributed by atoms with Crippen molar-refractivity contribution in [3.63, 3.8) is 0 Å². The van der Waals surface area contributed by atoms with Crippen molar-refractivity contribution >= 4 is 24.3 Å². The zero-order chi connectivity index (χ0) is 16.9. The van der Waals surface area contributed by atoms with Gasteiger partial charge in [-0.1, -0.05) is 20.8 Å². The fourth-order valence-electron chi connectivity index (χ4n) is 3.70. The summed E-state index contributed by atoms with van der Waals surface area (Å²) in [7, 11) is 0. The second-order valence-corrected chi connectivity index (χ2v) is 6.25. The van der Waals surface area contributed by atoms with E-state index in [1.807, 2.05) is 13.8 Å². The zero-order valence-electron chi connectivity index (χ0n) is 12.6. The van der Waals surface area contributed by atoms with Crippen molar-refractivity contribution in [3.8, 4) is 0 Å². The molecule has 0 aliphatic heterocycles. The van der Waals surface area contributed by atoms with Crippen molar-refractivity contribution in [2.24, 2.45) is 36.7 Å². The van der Waals surface area contributed by atoms with Crippen LogP contribution in [-0.4, -0.2) is 43.1 Å². The van der Waals surface area contributed by atoms with Crippen LogP contribution in [0.2, 0.25) is 0 Å². The summed E-state index contributed by atoms with van der Waals surface area (Å²) >= 11 is 0. The van der Waals surface area contributed by atoms with Crippen molar-refractivity contribution in [2.45, 2.75) is 32.9 Å². The number of rotatable bonds is 6. The predicted molar refractivity (Wildman–Crippen MR) is 74.9 cm³/mol. The van der Waals surface area contributed by atoms with E-state index in [0.29, 0.717) is 6.42 Å². The molecule has 0 heterocycles. The average Bonchev–Trinajstić information content (AvgIpc) is 2.60. The molecule has 0 spiro atoms. The Morgan fingerprint density at radius 2 is 1.45 bits per heavy atom. The lowest BCUT2D eigenvalue weighted by atomic mass is 9.76. The van der Waals surface area contributed by atoms with E-state index in [1.54, 1.807) is 6.92 Å². The lowest BCUT2D eigenvalue weighted by Crippen LogP contribution is -2.47. The smallest absolute Gasteiger partial charge is 0.211 e. The van der Waals surface area contributed by atoms with Crippen LogP contribution in [0.5, 0.6) is 0 Å². The Morgan fingerprint density at radius 1 is 0.909 bits per heavy atom. The minimum absolute atomic E-state index is 0.0206. The monoisotopic (exact) mass is 304 g/mol. The van der Waals surface area contributed by atoms with Crippen molar-refractivity contribution in [1.29, 1.82) is 0 Å². The Labute approximate surface area is 127 Å². The third-order valence-corrected chi connectivity index (χ3v) is 4.43. The molecular formula is C14H16N4O4. The highest BCUT2D eigenvalue weighted by atomic mass is 16.1. The second-order valence-electron chi connectivity index (χ2n) is 6.25. The van der Waals surface area contributed by atoms with Gasteiger partial charge in [0, 0.05) is 11.3 Å². The number of hydrogen-bond acceptors (Lipinski definition) is 8. The molecule has 8 nitrogen and oxygen atoms in total. The molecule has 0 aromatic rings. The van der Waals surface area contributed by atoms with Crippen LogP contribution >= 0.6 is 0 Å². The molecule has 8 heteroatoms. The average molecular weight is 304 g/mol. The Hall–Kier alpha value is -2.48. The number of isocyanates is 4. The molecule has 1 aliphatic carbocycles. The van der Waals surface area contributed by atoms with Crippen molar-refractivity contribution in [3.05, 3.63) is 0 Å². The van der Waals surface area contributed by atoms with E-state index in [2.05, 4.69) is 20.0 Å². The van der Waals surface area contributed by atoms with Gasteiger partial charge in [0.05, 0.1) is 13.1 Å². The van der Waals surface area contributed by atoms with E-state index in [9.17, 15) is 19.2 Å². The maximum absolute atomic E-state index is 10.9. The maximum Gasteiger partial charge on any atom is 0.237 e. The third kappa shape index (κ3) is 2.77. The molecule has 0 radical (unpaired) electrons. The van der Waals surface area contributed by atoms with Crippen LogP contribution in [0.1, 0.15) is 27.2 Å². The second kappa shape index (κ2) is 6.52. The van der Waals surface area contributed by atoms with Crippen molar-refractivity contribution in [1.82, 2.24) is 0 Å². The summed E-state index contributed by atoms with van der Waals surface area (Å²) in [5, 5.41) is 0. The predicted octanol–water partition coefficient (Wildman–Crippen LogP) is 1.08. The number of hydrogen-bond donors (Lipinski definition) is 0. The van der Waals surface area contributed by atoms with Gasteiger partial charge in [-0.3, -0.25) is 0 Å².